The molecule has 2 heterocycles. The number of hydrogen-bond acceptors (Lipinski definition) is 4. The summed E-state index contributed by atoms with van der Waals surface area (Å²) >= 11 is 0. The number of carboxylic acids is 1. The van der Waals surface area contributed by atoms with E-state index in [-0.39, 0.29) is 5.56 Å². The molecule has 0 amide bonds. The molecule has 0 saturated heterocycles. The molecular weight excluding hydrogens is 230 g/mol. The number of carboxylic acid groups (broad SMARTS) is 1. The van der Waals surface area contributed by atoms with Crippen molar-refractivity contribution in [1.29, 1.82) is 0 Å². The van der Waals surface area contributed by atoms with E-state index in [0.29, 0.717) is 17.9 Å². The van der Waals surface area contributed by atoms with Gasteiger partial charge in [-0.1, -0.05) is 6.07 Å². The van der Waals surface area contributed by atoms with Crippen molar-refractivity contribution in [3.05, 3.63) is 53.5 Å². The van der Waals surface area contributed by atoms with Crippen LogP contribution in [0, 0.1) is 6.92 Å². The number of hydrogen-bond donors (Lipinski definition) is 2. The molecule has 0 radical (unpaired) electrons. The van der Waals surface area contributed by atoms with E-state index >= 15 is 0 Å². The van der Waals surface area contributed by atoms with Crippen molar-refractivity contribution < 1.29 is 9.90 Å². The van der Waals surface area contributed by atoms with Crippen LogP contribution in [0.2, 0.25) is 0 Å². The Labute approximate surface area is 105 Å². The molecule has 0 aliphatic rings. The number of nitrogens with one attached hydrogen (secondary N) is 1. The quantitative estimate of drug-likeness (QED) is 0.860. The van der Waals surface area contributed by atoms with Gasteiger partial charge in [-0.3, -0.25) is 4.98 Å². The number of nitrogens with zero attached hydrogens (tertiary/aromatic N) is 2. The van der Waals surface area contributed by atoms with Crippen molar-refractivity contribution in [2.24, 2.45) is 0 Å². The maximum atomic E-state index is 11.2. The van der Waals surface area contributed by atoms with Crippen LogP contribution in [0.4, 0.5) is 5.82 Å². The fourth-order valence-corrected chi connectivity index (χ4v) is 1.65. The average Bonchev–Trinajstić information content (AvgIpc) is 2.37. The van der Waals surface area contributed by atoms with Gasteiger partial charge in [0.2, 0.25) is 0 Å². The van der Waals surface area contributed by atoms with Crippen molar-refractivity contribution in [3.8, 4) is 0 Å². The molecule has 0 aliphatic heterocycles. The molecule has 0 fully saturated rings. The minimum Gasteiger partial charge on any atom is -0.478 e. The molecular formula is C13H13N3O2. The molecule has 0 aliphatic carbocycles. The number of aryl methyl sites for hydroxylation is 1. The Morgan fingerprint density at radius 1 is 1.39 bits per heavy atom. The number of pyridine rings is 2. The summed E-state index contributed by atoms with van der Waals surface area (Å²) in [6, 6.07) is 5.42. The Balaban J connectivity index is 2.20. The zero-order valence-corrected chi connectivity index (χ0v) is 9.92. The first-order valence-corrected chi connectivity index (χ1v) is 5.50. The highest BCUT2D eigenvalue weighted by Gasteiger charge is 2.13. The SMILES string of the molecule is Cc1ccnc(NCc2cccnc2)c1C(=O)O. The summed E-state index contributed by atoms with van der Waals surface area (Å²) < 4.78 is 0. The molecule has 5 nitrogen and oxygen atoms in total. The molecule has 0 atom stereocenters. The molecule has 0 saturated carbocycles. The minimum absolute atomic E-state index is 0.210. The van der Waals surface area contributed by atoms with Crippen LogP contribution in [-0.2, 0) is 6.54 Å². The predicted octanol–water partition coefficient (Wildman–Crippen LogP) is 2.10. The van der Waals surface area contributed by atoms with Crippen LogP contribution in [0.15, 0.2) is 36.8 Å². The highest BCUT2D eigenvalue weighted by molar-refractivity contribution is 5.94. The monoisotopic (exact) mass is 243 g/mol. The summed E-state index contributed by atoms with van der Waals surface area (Å²) in [7, 11) is 0. The topological polar surface area (TPSA) is 75.1 Å². The smallest absolute Gasteiger partial charge is 0.339 e. The number of rotatable bonds is 4. The summed E-state index contributed by atoms with van der Waals surface area (Å²) in [6.45, 7) is 2.24. The number of carbonyl (C=O) groups is 1. The van der Waals surface area contributed by atoms with Crippen molar-refractivity contribution >= 4 is 11.8 Å². The van der Waals surface area contributed by atoms with Gasteiger partial charge >= 0.3 is 5.97 Å². The summed E-state index contributed by atoms with van der Waals surface area (Å²) in [4.78, 5) is 19.2. The molecule has 2 rings (SSSR count). The largest absolute Gasteiger partial charge is 0.478 e. The molecule has 5 heteroatoms. The third-order valence-electron chi connectivity index (χ3n) is 2.56. The Hall–Kier alpha value is -2.43. The van der Waals surface area contributed by atoms with Crippen molar-refractivity contribution in [1.82, 2.24) is 9.97 Å². The van der Waals surface area contributed by atoms with Crippen LogP contribution in [0.5, 0.6) is 0 Å². The fourth-order valence-electron chi connectivity index (χ4n) is 1.65. The van der Waals surface area contributed by atoms with E-state index in [1.165, 1.54) is 0 Å². The summed E-state index contributed by atoms with van der Waals surface area (Å²) in [5.41, 5.74) is 1.87. The van der Waals surface area contributed by atoms with E-state index in [1.807, 2.05) is 12.1 Å². The second kappa shape index (κ2) is 5.27. The maximum absolute atomic E-state index is 11.2. The van der Waals surface area contributed by atoms with Crippen molar-refractivity contribution in [2.75, 3.05) is 5.32 Å². The molecule has 0 unspecified atom stereocenters. The van der Waals surface area contributed by atoms with E-state index in [2.05, 4.69) is 15.3 Å². The van der Waals surface area contributed by atoms with E-state index in [9.17, 15) is 4.79 Å². The van der Waals surface area contributed by atoms with Crippen molar-refractivity contribution in [3.63, 3.8) is 0 Å². The highest BCUT2D eigenvalue weighted by atomic mass is 16.4. The lowest BCUT2D eigenvalue weighted by molar-refractivity contribution is 0.0697. The zero-order valence-electron chi connectivity index (χ0n) is 9.92. The van der Waals surface area contributed by atoms with Crippen LogP contribution in [0.1, 0.15) is 21.5 Å². The van der Waals surface area contributed by atoms with Crippen LogP contribution >= 0.6 is 0 Å². The van der Waals surface area contributed by atoms with Gasteiger partial charge in [0.05, 0.1) is 0 Å². The Morgan fingerprint density at radius 2 is 2.22 bits per heavy atom. The zero-order chi connectivity index (χ0) is 13.0. The summed E-state index contributed by atoms with van der Waals surface area (Å²) in [5, 5.41) is 12.2. The Kier molecular flexibility index (Phi) is 3.52. The third-order valence-corrected chi connectivity index (χ3v) is 2.56. The second-order valence-corrected chi connectivity index (χ2v) is 3.87. The van der Waals surface area contributed by atoms with Gasteiger partial charge in [-0.05, 0) is 30.2 Å². The average molecular weight is 243 g/mol. The van der Waals surface area contributed by atoms with Crippen LogP contribution in [-0.4, -0.2) is 21.0 Å². The van der Waals surface area contributed by atoms with Crippen LogP contribution in [0.25, 0.3) is 0 Å². The Bertz CT molecular complexity index is 555. The van der Waals surface area contributed by atoms with Gasteiger partial charge in [0.15, 0.2) is 0 Å². The van der Waals surface area contributed by atoms with E-state index in [4.69, 9.17) is 5.11 Å². The van der Waals surface area contributed by atoms with Gasteiger partial charge in [0, 0.05) is 25.1 Å². The molecule has 18 heavy (non-hydrogen) atoms. The summed E-state index contributed by atoms with van der Waals surface area (Å²) in [6.07, 6.45) is 5.01. The maximum Gasteiger partial charge on any atom is 0.339 e. The van der Waals surface area contributed by atoms with Crippen LogP contribution in [0.3, 0.4) is 0 Å². The van der Waals surface area contributed by atoms with Crippen molar-refractivity contribution in [2.45, 2.75) is 13.5 Å². The van der Waals surface area contributed by atoms with Gasteiger partial charge in [-0.15, -0.1) is 0 Å². The van der Waals surface area contributed by atoms with E-state index in [1.54, 1.807) is 31.6 Å². The number of anilines is 1. The minimum atomic E-state index is -0.978. The molecule has 2 aromatic rings. The van der Waals surface area contributed by atoms with Gasteiger partial charge in [0.1, 0.15) is 11.4 Å². The molecule has 0 aromatic carbocycles. The predicted molar refractivity (Wildman–Crippen MR) is 67.5 cm³/mol. The van der Waals surface area contributed by atoms with E-state index in [0.717, 1.165) is 5.56 Å². The van der Waals surface area contributed by atoms with E-state index < -0.39 is 5.97 Å². The lowest BCUT2D eigenvalue weighted by Gasteiger charge is -2.10. The van der Waals surface area contributed by atoms with Gasteiger partial charge in [-0.25, -0.2) is 9.78 Å². The second-order valence-electron chi connectivity index (χ2n) is 3.87. The summed E-state index contributed by atoms with van der Waals surface area (Å²) in [5.74, 6) is -0.597. The molecule has 2 N–H and O–H groups in total. The first-order chi connectivity index (χ1) is 8.68. The third kappa shape index (κ3) is 2.63. The highest BCUT2D eigenvalue weighted by Crippen LogP contribution is 2.17. The molecule has 0 bridgehead atoms. The number of aromatic nitrogens is 2. The molecule has 2 aromatic heterocycles. The normalized spacial score (nSPS) is 10.1. The number of aromatic carboxylic acids is 1. The van der Waals surface area contributed by atoms with Crippen LogP contribution < -0.4 is 5.32 Å². The van der Waals surface area contributed by atoms with Gasteiger partial charge in [0.25, 0.3) is 0 Å². The Morgan fingerprint density at radius 3 is 2.89 bits per heavy atom. The first-order valence-electron chi connectivity index (χ1n) is 5.50. The lowest BCUT2D eigenvalue weighted by atomic mass is 10.1. The standard InChI is InChI=1S/C13H13N3O2/c1-9-4-6-15-12(11(9)13(17)18)16-8-10-3-2-5-14-7-10/h2-7H,8H2,1H3,(H,15,16)(H,17,18). The molecule has 0 spiro atoms. The first kappa shape index (κ1) is 12.0. The van der Waals surface area contributed by atoms with Gasteiger partial charge in [-0.2, -0.15) is 0 Å². The molecule has 92 valence electrons. The lowest BCUT2D eigenvalue weighted by Crippen LogP contribution is -2.10. The fraction of sp³-hybridized carbons (Fsp3) is 0.154. The van der Waals surface area contributed by atoms with Gasteiger partial charge < -0.3 is 10.4 Å².